The lowest BCUT2D eigenvalue weighted by Crippen LogP contribution is -2.34. The van der Waals surface area contributed by atoms with Gasteiger partial charge in [-0.3, -0.25) is 4.79 Å². The fourth-order valence-corrected chi connectivity index (χ4v) is 3.36. The van der Waals surface area contributed by atoms with Crippen LogP contribution in [0.3, 0.4) is 0 Å². The summed E-state index contributed by atoms with van der Waals surface area (Å²) in [6, 6.07) is 13.9. The van der Waals surface area contributed by atoms with E-state index < -0.39 is 0 Å². The van der Waals surface area contributed by atoms with Crippen molar-refractivity contribution in [1.82, 2.24) is 4.90 Å². The molecule has 2 N–H and O–H groups in total. The molecule has 28 heavy (non-hydrogen) atoms. The number of allylic oxidation sites excluding steroid dienone is 2. The Labute approximate surface area is 165 Å². The second kappa shape index (κ2) is 9.24. The van der Waals surface area contributed by atoms with Gasteiger partial charge in [-0.25, -0.2) is 0 Å². The highest BCUT2D eigenvalue weighted by molar-refractivity contribution is 5.92. The Morgan fingerprint density at radius 1 is 1.04 bits per heavy atom. The van der Waals surface area contributed by atoms with E-state index in [4.69, 9.17) is 4.74 Å². The van der Waals surface area contributed by atoms with E-state index in [0.717, 1.165) is 29.8 Å². The molecule has 2 aromatic carbocycles. The number of hydrogen-bond donors (Lipinski definition) is 2. The molecule has 0 aromatic heterocycles. The summed E-state index contributed by atoms with van der Waals surface area (Å²) in [6.45, 7) is 1.39. The van der Waals surface area contributed by atoms with Crippen LogP contribution in [0.15, 0.2) is 66.4 Å². The average Bonchev–Trinajstić information content (AvgIpc) is 2.69. The maximum Gasteiger partial charge on any atom is 0.160 e. The van der Waals surface area contributed by atoms with Crippen molar-refractivity contribution in [2.75, 3.05) is 20.3 Å². The van der Waals surface area contributed by atoms with Crippen LogP contribution in [0.1, 0.15) is 30.0 Å². The highest BCUT2D eigenvalue weighted by Crippen LogP contribution is 2.33. The third-order valence-electron chi connectivity index (χ3n) is 4.78. The predicted molar refractivity (Wildman–Crippen MR) is 109 cm³/mol. The van der Waals surface area contributed by atoms with Crippen molar-refractivity contribution in [3.05, 3.63) is 77.5 Å². The second-order valence-electron chi connectivity index (χ2n) is 6.81. The average molecular weight is 379 g/mol. The van der Waals surface area contributed by atoms with Crippen molar-refractivity contribution in [2.45, 2.75) is 18.9 Å². The molecule has 0 radical (unpaired) electrons. The first kappa shape index (κ1) is 19.7. The van der Waals surface area contributed by atoms with Gasteiger partial charge in [0.2, 0.25) is 0 Å². The molecule has 0 spiro atoms. The van der Waals surface area contributed by atoms with Crippen LogP contribution in [0, 0.1) is 0 Å². The van der Waals surface area contributed by atoms with Crippen molar-refractivity contribution >= 4 is 11.9 Å². The number of phenols is 2. The molecule has 1 heterocycles. The summed E-state index contributed by atoms with van der Waals surface area (Å²) in [5.74, 6) is 0.504. The predicted octanol–water partition coefficient (Wildman–Crippen LogP) is 4.05. The Kier molecular flexibility index (Phi) is 6.50. The number of rotatable bonds is 7. The molecule has 5 heteroatoms. The maximum atomic E-state index is 12.4. The summed E-state index contributed by atoms with van der Waals surface area (Å²) in [6.07, 6.45) is 6.78. The summed E-state index contributed by atoms with van der Waals surface area (Å²) < 4.78 is 5.20. The highest BCUT2D eigenvalue weighted by atomic mass is 16.5. The number of ether oxygens (including phenoxy) is 1. The smallest absolute Gasteiger partial charge is 0.160 e. The number of hydrogen-bond acceptors (Lipinski definition) is 5. The number of methoxy groups -OCH3 is 1. The molecule has 0 saturated heterocycles. The largest absolute Gasteiger partial charge is 0.508 e. The quantitative estimate of drug-likeness (QED) is 0.711. The van der Waals surface area contributed by atoms with Gasteiger partial charge in [0.05, 0.1) is 6.04 Å². The van der Waals surface area contributed by atoms with Crippen molar-refractivity contribution < 1.29 is 19.7 Å². The molecule has 3 rings (SSSR count). The van der Waals surface area contributed by atoms with Crippen LogP contribution in [-0.2, 0) is 9.53 Å². The Bertz CT molecular complexity index is 853. The molecule has 0 fully saturated rings. The lowest BCUT2D eigenvalue weighted by atomic mass is 9.94. The molecule has 0 amide bonds. The van der Waals surface area contributed by atoms with E-state index in [2.05, 4.69) is 4.90 Å². The third-order valence-corrected chi connectivity index (χ3v) is 4.78. The zero-order chi connectivity index (χ0) is 19.9. The summed E-state index contributed by atoms with van der Waals surface area (Å²) in [5.41, 5.74) is 2.78. The van der Waals surface area contributed by atoms with E-state index in [9.17, 15) is 15.0 Å². The fraction of sp³-hybridized carbons (Fsp3) is 0.261. The van der Waals surface area contributed by atoms with Gasteiger partial charge in [-0.2, -0.15) is 0 Å². The molecule has 1 unspecified atom stereocenters. The van der Waals surface area contributed by atoms with Gasteiger partial charge in [0.1, 0.15) is 11.5 Å². The zero-order valence-corrected chi connectivity index (χ0v) is 15.9. The van der Waals surface area contributed by atoms with Crippen LogP contribution in [0.25, 0.3) is 6.08 Å². The van der Waals surface area contributed by atoms with Crippen molar-refractivity contribution in [1.29, 1.82) is 0 Å². The van der Waals surface area contributed by atoms with Gasteiger partial charge in [-0.05, 0) is 47.9 Å². The SMILES string of the molecule is COCCCN1C(/C=C/c2ccc(O)cc2)=CC(=O)CC1c1ccc(O)cc1. The minimum atomic E-state index is -0.0885. The van der Waals surface area contributed by atoms with Gasteiger partial charge < -0.3 is 19.8 Å². The number of carbonyl (C=O) groups is 1. The normalized spacial score (nSPS) is 17.2. The Morgan fingerprint density at radius 2 is 1.68 bits per heavy atom. The van der Waals surface area contributed by atoms with Crippen LogP contribution >= 0.6 is 0 Å². The van der Waals surface area contributed by atoms with E-state index >= 15 is 0 Å². The first-order valence-corrected chi connectivity index (χ1v) is 9.33. The highest BCUT2D eigenvalue weighted by Gasteiger charge is 2.28. The molecule has 1 aliphatic heterocycles. The Hall–Kier alpha value is -3.05. The molecule has 0 bridgehead atoms. The zero-order valence-electron chi connectivity index (χ0n) is 15.9. The van der Waals surface area contributed by atoms with E-state index in [0.29, 0.717) is 13.0 Å². The van der Waals surface area contributed by atoms with Crippen LogP contribution in [0.2, 0.25) is 0 Å². The van der Waals surface area contributed by atoms with Crippen molar-refractivity contribution in [3.8, 4) is 11.5 Å². The first-order chi connectivity index (χ1) is 13.6. The second-order valence-corrected chi connectivity index (χ2v) is 6.81. The number of ketones is 1. The number of aromatic hydroxyl groups is 2. The number of nitrogens with zero attached hydrogens (tertiary/aromatic N) is 1. The number of carbonyl (C=O) groups excluding carboxylic acids is 1. The number of phenolic OH excluding ortho intramolecular Hbond substituents is 2. The standard InChI is InChI=1S/C23H25NO4/c1-28-14-2-13-24-19(8-3-17-4-9-20(25)10-5-17)15-22(27)16-23(24)18-6-11-21(26)12-7-18/h3-12,15,23,25-26H,2,13-14,16H2,1H3/b8-3+. The molecule has 0 saturated carbocycles. The molecule has 2 aromatic rings. The topological polar surface area (TPSA) is 70.0 Å². The van der Waals surface area contributed by atoms with E-state index in [1.807, 2.05) is 36.4 Å². The monoisotopic (exact) mass is 379 g/mol. The van der Waals surface area contributed by atoms with Gasteiger partial charge in [-0.15, -0.1) is 0 Å². The minimum Gasteiger partial charge on any atom is -0.508 e. The molecule has 5 nitrogen and oxygen atoms in total. The van der Waals surface area contributed by atoms with E-state index in [1.165, 1.54) is 0 Å². The maximum absolute atomic E-state index is 12.4. The third kappa shape index (κ3) is 5.02. The van der Waals surface area contributed by atoms with Gasteiger partial charge in [0.25, 0.3) is 0 Å². The first-order valence-electron chi connectivity index (χ1n) is 9.33. The summed E-state index contributed by atoms with van der Waals surface area (Å²) in [5, 5.41) is 19.0. The summed E-state index contributed by atoms with van der Waals surface area (Å²) >= 11 is 0. The fourth-order valence-electron chi connectivity index (χ4n) is 3.36. The molecule has 0 aliphatic carbocycles. The lowest BCUT2D eigenvalue weighted by molar-refractivity contribution is -0.116. The minimum absolute atomic E-state index is 0.0754. The van der Waals surface area contributed by atoms with E-state index in [-0.39, 0.29) is 23.3 Å². The lowest BCUT2D eigenvalue weighted by Gasteiger charge is -2.37. The molecule has 1 atom stereocenters. The van der Waals surface area contributed by atoms with Gasteiger partial charge in [0, 0.05) is 38.5 Å². The van der Waals surface area contributed by atoms with Gasteiger partial charge in [0.15, 0.2) is 5.78 Å². The Morgan fingerprint density at radius 3 is 2.32 bits per heavy atom. The van der Waals surface area contributed by atoms with E-state index in [1.54, 1.807) is 37.5 Å². The summed E-state index contributed by atoms with van der Waals surface area (Å²) in [7, 11) is 1.68. The van der Waals surface area contributed by atoms with Gasteiger partial charge in [-0.1, -0.05) is 30.3 Å². The van der Waals surface area contributed by atoms with Crippen molar-refractivity contribution in [2.24, 2.45) is 0 Å². The van der Waals surface area contributed by atoms with Crippen LogP contribution < -0.4 is 0 Å². The van der Waals surface area contributed by atoms with Crippen LogP contribution in [0.4, 0.5) is 0 Å². The molecule has 1 aliphatic rings. The molecule has 146 valence electrons. The molecular formula is C23H25NO4. The van der Waals surface area contributed by atoms with Crippen LogP contribution in [-0.4, -0.2) is 41.2 Å². The van der Waals surface area contributed by atoms with Crippen LogP contribution in [0.5, 0.6) is 11.5 Å². The van der Waals surface area contributed by atoms with Gasteiger partial charge >= 0.3 is 0 Å². The van der Waals surface area contributed by atoms with Crippen molar-refractivity contribution in [3.63, 3.8) is 0 Å². The molecular weight excluding hydrogens is 354 g/mol. The Balaban J connectivity index is 1.89. The number of benzene rings is 2. The summed E-state index contributed by atoms with van der Waals surface area (Å²) in [4.78, 5) is 14.6.